The van der Waals surface area contributed by atoms with Crippen molar-refractivity contribution in [1.82, 2.24) is 0 Å². The van der Waals surface area contributed by atoms with Gasteiger partial charge in [0.05, 0.1) is 18.3 Å². The fraction of sp³-hybridized carbons (Fsp3) is 0.462. The molecule has 4 N–H and O–H groups in total. The summed E-state index contributed by atoms with van der Waals surface area (Å²) in [5, 5.41) is 17.0. The Morgan fingerprint density at radius 1 is 1.59 bits per heavy atom. The van der Waals surface area contributed by atoms with Crippen molar-refractivity contribution in [3.63, 3.8) is 0 Å². The predicted molar refractivity (Wildman–Crippen MR) is 69.6 cm³/mol. The third kappa shape index (κ3) is 2.13. The quantitative estimate of drug-likeness (QED) is 0.543. The van der Waals surface area contributed by atoms with E-state index in [-0.39, 0.29) is 18.5 Å². The molecule has 1 heterocycles. The van der Waals surface area contributed by atoms with Crippen molar-refractivity contribution < 1.29 is 5.11 Å². The van der Waals surface area contributed by atoms with E-state index in [9.17, 15) is 5.11 Å². The van der Waals surface area contributed by atoms with Gasteiger partial charge < -0.3 is 15.7 Å². The number of anilines is 1. The molecular formula is C13H19N3O. The van der Waals surface area contributed by atoms with Crippen LogP contribution in [0, 0.1) is 12.3 Å². The molecule has 4 nitrogen and oxygen atoms in total. The maximum absolute atomic E-state index is 9.39. The molecule has 0 bridgehead atoms. The summed E-state index contributed by atoms with van der Waals surface area (Å²) in [6, 6.07) is 5.97. The number of aliphatic hydroxyl groups is 1. The molecule has 1 aromatic carbocycles. The Morgan fingerprint density at radius 2 is 2.35 bits per heavy atom. The van der Waals surface area contributed by atoms with Crippen LogP contribution in [0.1, 0.15) is 24.0 Å². The zero-order chi connectivity index (χ0) is 12.4. The van der Waals surface area contributed by atoms with Gasteiger partial charge in [0.15, 0.2) is 0 Å². The minimum absolute atomic E-state index is 0.0901. The van der Waals surface area contributed by atoms with Gasteiger partial charge in [-0.15, -0.1) is 0 Å². The van der Waals surface area contributed by atoms with Crippen molar-refractivity contribution in [3.8, 4) is 0 Å². The molecule has 1 aromatic rings. The number of hydrogen-bond acceptors (Lipinski definition) is 3. The number of amidine groups is 1. The largest absolute Gasteiger partial charge is 0.394 e. The topological polar surface area (TPSA) is 73.3 Å². The Morgan fingerprint density at radius 3 is 3.00 bits per heavy atom. The number of aliphatic hydroxyl groups excluding tert-OH is 1. The van der Waals surface area contributed by atoms with Crippen LogP contribution in [0.2, 0.25) is 0 Å². The molecule has 0 aromatic heterocycles. The van der Waals surface area contributed by atoms with Crippen LogP contribution in [0.5, 0.6) is 0 Å². The Labute approximate surface area is 102 Å². The van der Waals surface area contributed by atoms with E-state index in [2.05, 4.69) is 4.90 Å². The van der Waals surface area contributed by atoms with Gasteiger partial charge >= 0.3 is 0 Å². The number of nitrogens with one attached hydrogen (secondary N) is 1. The first kappa shape index (κ1) is 11.9. The minimum atomic E-state index is 0.0901. The van der Waals surface area contributed by atoms with Gasteiger partial charge in [-0.05, 0) is 31.4 Å². The molecule has 0 saturated carbocycles. The molecule has 2 rings (SSSR count). The van der Waals surface area contributed by atoms with E-state index in [1.54, 1.807) is 0 Å². The number of para-hydroxylation sites is 1. The summed E-state index contributed by atoms with van der Waals surface area (Å²) in [5.41, 5.74) is 8.52. The third-order valence-corrected chi connectivity index (χ3v) is 3.40. The molecule has 1 aliphatic heterocycles. The van der Waals surface area contributed by atoms with Crippen LogP contribution in [0.15, 0.2) is 18.2 Å². The number of benzene rings is 1. The molecule has 0 spiro atoms. The average Bonchev–Trinajstić information content (AvgIpc) is 2.76. The lowest BCUT2D eigenvalue weighted by molar-refractivity contribution is 0.266. The number of hydrogen-bond donors (Lipinski definition) is 3. The highest BCUT2D eigenvalue weighted by Crippen LogP contribution is 2.31. The van der Waals surface area contributed by atoms with Crippen molar-refractivity contribution >= 4 is 11.5 Å². The second-order valence-corrected chi connectivity index (χ2v) is 4.56. The second-order valence-electron chi connectivity index (χ2n) is 4.56. The molecule has 1 atom stereocenters. The zero-order valence-electron chi connectivity index (χ0n) is 10.1. The Kier molecular flexibility index (Phi) is 3.33. The maximum Gasteiger partial charge on any atom is 0.124 e. The minimum Gasteiger partial charge on any atom is -0.394 e. The summed E-state index contributed by atoms with van der Waals surface area (Å²) in [6.07, 6.45) is 2.08. The number of nitrogen functional groups attached to an aromatic ring is 1. The van der Waals surface area contributed by atoms with E-state index in [0.717, 1.165) is 36.2 Å². The first-order valence-corrected chi connectivity index (χ1v) is 5.96. The Bertz CT molecular complexity index is 431. The number of nitrogens with two attached hydrogens (primary N) is 1. The first-order valence-electron chi connectivity index (χ1n) is 5.96. The first-order chi connectivity index (χ1) is 8.15. The second kappa shape index (κ2) is 4.75. The monoisotopic (exact) mass is 233 g/mol. The van der Waals surface area contributed by atoms with Gasteiger partial charge in [-0.1, -0.05) is 12.1 Å². The van der Waals surface area contributed by atoms with Crippen LogP contribution in [-0.4, -0.2) is 30.1 Å². The molecule has 0 amide bonds. The van der Waals surface area contributed by atoms with Crippen LogP contribution in [0.3, 0.4) is 0 Å². The summed E-state index contributed by atoms with van der Waals surface area (Å²) in [5.74, 6) is 0.0901. The fourth-order valence-corrected chi connectivity index (χ4v) is 2.58. The van der Waals surface area contributed by atoms with Crippen LogP contribution in [0.4, 0.5) is 5.69 Å². The molecule has 1 aliphatic rings. The number of rotatable bonds is 3. The number of aryl methyl sites for hydroxylation is 1. The molecule has 92 valence electrons. The van der Waals surface area contributed by atoms with Crippen molar-refractivity contribution in [3.05, 3.63) is 29.3 Å². The highest BCUT2D eigenvalue weighted by atomic mass is 16.3. The van der Waals surface area contributed by atoms with E-state index >= 15 is 0 Å². The lowest BCUT2D eigenvalue weighted by Crippen LogP contribution is -2.34. The summed E-state index contributed by atoms with van der Waals surface area (Å²) in [4.78, 5) is 2.19. The van der Waals surface area contributed by atoms with Crippen molar-refractivity contribution in [2.24, 2.45) is 5.73 Å². The smallest absolute Gasteiger partial charge is 0.124 e. The van der Waals surface area contributed by atoms with Gasteiger partial charge in [0.1, 0.15) is 5.84 Å². The molecule has 17 heavy (non-hydrogen) atoms. The van der Waals surface area contributed by atoms with Gasteiger partial charge in [0.25, 0.3) is 0 Å². The molecule has 0 aliphatic carbocycles. The summed E-state index contributed by atoms with van der Waals surface area (Å²) in [6.45, 7) is 3.11. The Hall–Kier alpha value is -1.55. The SMILES string of the molecule is Cc1cccc(C(=N)N)c1N1CCCC1CO. The van der Waals surface area contributed by atoms with Crippen LogP contribution < -0.4 is 10.6 Å². The standard InChI is InChI=1S/C13H19N3O/c1-9-4-2-6-11(13(14)15)12(9)16-7-3-5-10(16)8-17/h2,4,6,10,17H,3,5,7-8H2,1H3,(H3,14,15). The van der Waals surface area contributed by atoms with Gasteiger partial charge in [-0.3, -0.25) is 5.41 Å². The van der Waals surface area contributed by atoms with Crippen molar-refractivity contribution in [1.29, 1.82) is 5.41 Å². The van der Waals surface area contributed by atoms with E-state index in [1.807, 2.05) is 25.1 Å². The van der Waals surface area contributed by atoms with E-state index in [0.29, 0.717) is 0 Å². The van der Waals surface area contributed by atoms with Crippen LogP contribution >= 0.6 is 0 Å². The van der Waals surface area contributed by atoms with E-state index in [1.165, 1.54) is 0 Å². The zero-order valence-corrected chi connectivity index (χ0v) is 10.1. The van der Waals surface area contributed by atoms with Crippen LogP contribution in [-0.2, 0) is 0 Å². The molecule has 0 radical (unpaired) electrons. The average molecular weight is 233 g/mol. The third-order valence-electron chi connectivity index (χ3n) is 3.40. The van der Waals surface area contributed by atoms with Gasteiger partial charge in [-0.25, -0.2) is 0 Å². The lowest BCUT2D eigenvalue weighted by atomic mass is 10.0. The molecule has 1 unspecified atom stereocenters. The predicted octanol–water partition coefficient (Wildman–Crippen LogP) is 1.24. The molecule has 1 fully saturated rings. The highest BCUT2D eigenvalue weighted by molar-refractivity contribution is 6.01. The van der Waals surface area contributed by atoms with Crippen LogP contribution in [0.25, 0.3) is 0 Å². The van der Waals surface area contributed by atoms with Gasteiger partial charge in [-0.2, -0.15) is 0 Å². The summed E-state index contributed by atoms with van der Waals surface area (Å²) >= 11 is 0. The lowest BCUT2D eigenvalue weighted by Gasteiger charge is -2.29. The maximum atomic E-state index is 9.39. The van der Waals surface area contributed by atoms with Crippen molar-refractivity contribution in [2.45, 2.75) is 25.8 Å². The molecular weight excluding hydrogens is 214 g/mol. The van der Waals surface area contributed by atoms with Gasteiger partial charge in [0.2, 0.25) is 0 Å². The normalized spacial score (nSPS) is 19.6. The number of nitrogens with zero attached hydrogens (tertiary/aromatic N) is 1. The molecule has 4 heteroatoms. The summed E-state index contributed by atoms with van der Waals surface area (Å²) < 4.78 is 0. The van der Waals surface area contributed by atoms with Crippen molar-refractivity contribution in [2.75, 3.05) is 18.1 Å². The van der Waals surface area contributed by atoms with Gasteiger partial charge in [0, 0.05) is 12.1 Å². The van der Waals surface area contributed by atoms with E-state index in [4.69, 9.17) is 11.1 Å². The van der Waals surface area contributed by atoms with E-state index < -0.39 is 0 Å². The highest BCUT2D eigenvalue weighted by Gasteiger charge is 2.27. The fourth-order valence-electron chi connectivity index (χ4n) is 2.58. The summed E-state index contributed by atoms with van der Waals surface area (Å²) in [7, 11) is 0. The Balaban J connectivity index is 2.46. The molecule has 1 saturated heterocycles.